The highest BCUT2D eigenvalue weighted by Gasteiger charge is 2.12. The zero-order valence-electron chi connectivity index (χ0n) is 14.5. The summed E-state index contributed by atoms with van der Waals surface area (Å²) in [5.74, 6) is -0.422. The third-order valence-electron chi connectivity index (χ3n) is 3.59. The van der Waals surface area contributed by atoms with Gasteiger partial charge in [-0.2, -0.15) is 5.26 Å². The highest BCUT2D eigenvalue weighted by atomic mass is 79.9. The van der Waals surface area contributed by atoms with Gasteiger partial charge in [0.15, 0.2) is 0 Å². The van der Waals surface area contributed by atoms with Crippen molar-refractivity contribution in [3.8, 4) is 6.07 Å². The summed E-state index contributed by atoms with van der Waals surface area (Å²) >= 11 is 3.38. The number of nitrogens with one attached hydrogen (secondary N) is 2. The Balaban J connectivity index is 1.82. The third-order valence-corrected chi connectivity index (χ3v) is 4.08. The van der Waals surface area contributed by atoms with Gasteiger partial charge in [-0.3, -0.25) is 14.5 Å². The number of rotatable bonds is 6. The minimum Gasteiger partial charge on any atom is -0.325 e. The molecule has 2 N–H and O–H groups in total. The van der Waals surface area contributed by atoms with Crippen LogP contribution in [0.5, 0.6) is 0 Å². The number of carbonyl (C=O) groups excluding carboxylic acids is 2. The standard InChI is InChI=1S/C19H19BrN4O2/c1-13-9-15(20)5-8-17(13)23-19(26)12-24(2)11-18(25)22-16-6-3-14(10-21)4-7-16/h3-9H,11-12H2,1-2H3,(H,22,25)(H,23,26). The number of amides is 2. The van der Waals surface area contributed by atoms with Crippen molar-refractivity contribution in [3.63, 3.8) is 0 Å². The molecule has 6 nitrogen and oxygen atoms in total. The van der Waals surface area contributed by atoms with Gasteiger partial charge in [0.25, 0.3) is 0 Å². The minimum absolute atomic E-state index is 0.0761. The fourth-order valence-corrected chi connectivity index (χ4v) is 2.81. The van der Waals surface area contributed by atoms with E-state index in [4.69, 9.17) is 5.26 Å². The van der Waals surface area contributed by atoms with Crippen molar-refractivity contribution < 1.29 is 9.59 Å². The lowest BCUT2D eigenvalue weighted by atomic mass is 10.2. The van der Waals surface area contributed by atoms with Gasteiger partial charge in [-0.1, -0.05) is 15.9 Å². The van der Waals surface area contributed by atoms with Crippen LogP contribution in [0, 0.1) is 18.3 Å². The van der Waals surface area contributed by atoms with Gasteiger partial charge in [0, 0.05) is 15.8 Å². The van der Waals surface area contributed by atoms with Gasteiger partial charge >= 0.3 is 0 Å². The maximum atomic E-state index is 12.1. The summed E-state index contributed by atoms with van der Waals surface area (Å²) in [7, 11) is 1.70. The molecule has 0 heterocycles. The average molecular weight is 415 g/mol. The van der Waals surface area contributed by atoms with Gasteiger partial charge in [0.2, 0.25) is 11.8 Å². The number of likely N-dealkylation sites (N-methyl/N-ethyl adjacent to an activating group) is 1. The smallest absolute Gasteiger partial charge is 0.238 e. The summed E-state index contributed by atoms with van der Waals surface area (Å²) in [5, 5.41) is 14.3. The molecule has 7 heteroatoms. The number of carbonyl (C=O) groups is 2. The molecule has 0 saturated heterocycles. The van der Waals surface area contributed by atoms with Crippen molar-refractivity contribution in [2.24, 2.45) is 0 Å². The molecule has 2 amide bonds. The summed E-state index contributed by atoms with van der Waals surface area (Å²) in [5.41, 5.74) is 2.83. The van der Waals surface area contributed by atoms with Crippen LogP contribution >= 0.6 is 15.9 Å². The van der Waals surface area contributed by atoms with Crippen molar-refractivity contribution in [1.29, 1.82) is 5.26 Å². The molecule has 2 rings (SSSR count). The first kappa shape index (κ1) is 19.6. The summed E-state index contributed by atoms with van der Waals surface area (Å²) in [6, 6.07) is 14.2. The number of anilines is 2. The first-order valence-corrected chi connectivity index (χ1v) is 8.71. The molecular weight excluding hydrogens is 396 g/mol. The molecule has 0 aliphatic heterocycles. The molecule has 2 aromatic carbocycles. The number of hydrogen-bond acceptors (Lipinski definition) is 4. The molecule has 26 heavy (non-hydrogen) atoms. The van der Waals surface area contributed by atoms with E-state index in [0.29, 0.717) is 11.3 Å². The molecule has 0 spiro atoms. The summed E-state index contributed by atoms with van der Waals surface area (Å²) in [6.07, 6.45) is 0. The second-order valence-corrected chi connectivity index (χ2v) is 6.83. The van der Waals surface area contributed by atoms with Gasteiger partial charge in [0.1, 0.15) is 0 Å². The van der Waals surface area contributed by atoms with Crippen LogP contribution in [-0.4, -0.2) is 36.9 Å². The zero-order chi connectivity index (χ0) is 19.1. The first-order chi connectivity index (χ1) is 12.4. The Kier molecular flexibility index (Phi) is 6.89. The van der Waals surface area contributed by atoms with Crippen LogP contribution in [0.4, 0.5) is 11.4 Å². The zero-order valence-corrected chi connectivity index (χ0v) is 16.1. The van der Waals surface area contributed by atoms with Gasteiger partial charge in [-0.05, 0) is 62.0 Å². The molecular formula is C19H19BrN4O2. The highest BCUT2D eigenvalue weighted by Crippen LogP contribution is 2.19. The molecule has 0 radical (unpaired) electrons. The third kappa shape index (κ3) is 5.99. The Hall–Kier alpha value is -2.69. The molecule has 0 aromatic heterocycles. The maximum absolute atomic E-state index is 12.1. The molecule has 0 aliphatic carbocycles. The monoisotopic (exact) mass is 414 g/mol. The van der Waals surface area contributed by atoms with Crippen LogP contribution in [-0.2, 0) is 9.59 Å². The van der Waals surface area contributed by atoms with Crippen molar-refractivity contribution in [2.45, 2.75) is 6.92 Å². The second kappa shape index (κ2) is 9.13. The summed E-state index contributed by atoms with van der Waals surface area (Å²) in [4.78, 5) is 25.8. The largest absolute Gasteiger partial charge is 0.325 e. The minimum atomic E-state index is -0.232. The molecule has 0 saturated carbocycles. The van der Waals surface area contributed by atoms with Gasteiger partial charge < -0.3 is 10.6 Å². The van der Waals surface area contributed by atoms with E-state index in [1.807, 2.05) is 31.2 Å². The Morgan fingerprint density at radius 2 is 1.69 bits per heavy atom. The van der Waals surface area contributed by atoms with Crippen molar-refractivity contribution in [2.75, 3.05) is 30.8 Å². The van der Waals surface area contributed by atoms with E-state index in [-0.39, 0.29) is 24.9 Å². The molecule has 0 bridgehead atoms. The highest BCUT2D eigenvalue weighted by molar-refractivity contribution is 9.10. The van der Waals surface area contributed by atoms with Crippen LogP contribution in [0.15, 0.2) is 46.9 Å². The van der Waals surface area contributed by atoms with Gasteiger partial charge in [0.05, 0.1) is 24.7 Å². The second-order valence-electron chi connectivity index (χ2n) is 5.92. The Bertz CT molecular complexity index is 844. The first-order valence-electron chi connectivity index (χ1n) is 7.92. The topological polar surface area (TPSA) is 85.2 Å². The fourth-order valence-electron chi connectivity index (χ4n) is 2.33. The van der Waals surface area contributed by atoms with E-state index < -0.39 is 0 Å². The summed E-state index contributed by atoms with van der Waals surface area (Å²) < 4.78 is 0.949. The van der Waals surface area contributed by atoms with Crippen LogP contribution in [0.1, 0.15) is 11.1 Å². The Morgan fingerprint density at radius 3 is 2.27 bits per heavy atom. The molecule has 0 unspecified atom stereocenters. The van der Waals surface area contributed by atoms with Crippen LogP contribution in [0.25, 0.3) is 0 Å². The quantitative estimate of drug-likeness (QED) is 0.759. The van der Waals surface area contributed by atoms with E-state index in [1.54, 1.807) is 36.2 Å². The van der Waals surface area contributed by atoms with E-state index in [9.17, 15) is 9.59 Å². The van der Waals surface area contributed by atoms with E-state index in [2.05, 4.69) is 26.6 Å². The molecule has 0 fully saturated rings. The predicted octanol–water partition coefficient (Wildman–Crippen LogP) is 3.14. The number of nitrogens with zero attached hydrogens (tertiary/aromatic N) is 2. The number of benzene rings is 2. The lowest BCUT2D eigenvalue weighted by Gasteiger charge is -2.16. The van der Waals surface area contributed by atoms with E-state index >= 15 is 0 Å². The summed E-state index contributed by atoms with van der Waals surface area (Å²) in [6.45, 7) is 2.08. The van der Waals surface area contributed by atoms with Crippen molar-refractivity contribution in [1.82, 2.24) is 4.90 Å². The number of aryl methyl sites for hydroxylation is 1. The number of nitriles is 1. The normalized spacial score (nSPS) is 10.3. The van der Waals surface area contributed by atoms with Gasteiger partial charge in [-0.25, -0.2) is 0 Å². The molecule has 134 valence electrons. The Morgan fingerprint density at radius 1 is 1.08 bits per heavy atom. The van der Waals surface area contributed by atoms with E-state index in [0.717, 1.165) is 15.7 Å². The lowest BCUT2D eigenvalue weighted by Crippen LogP contribution is -2.36. The van der Waals surface area contributed by atoms with Crippen LogP contribution < -0.4 is 10.6 Å². The number of halogens is 1. The average Bonchev–Trinajstić information content (AvgIpc) is 2.57. The molecule has 0 atom stereocenters. The maximum Gasteiger partial charge on any atom is 0.238 e. The van der Waals surface area contributed by atoms with Crippen LogP contribution in [0.2, 0.25) is 0 Å². The predicted molar refractivity (Wildman–Crippen MR) is 105 cm³/mol. The lowest BCUT2D eigenvalue weighted by molar-refractivity contribution is -0.119. The van der Waals surface area contributed by atoms with Crippen molar-refractivity contribution in [3.05, 3.63) is 58.1 Å². The SMILES string of the molecule is Cc1cc(Br)ccc1NC(=O)CN(C)CC(=O)Nc1ccc(C#N)cc1. The molecule has 2 aromatic rings. The van der Waals surface area contributed by atoms with Crippen LogP contribution in [0.3, 0.4) is 0 Å². The number of hydrogen-bond donors (Lipinski definition) is 2. The van der Waals surface area contributed by atoms with Crippen molar-refractivity contribution >= 4 is 39.1 Å². The van der Waals surface area contributed by atoms with E-state index in [1.165, 1.54) is 0 Å². The molecule has 0 aliphatic rings. The Labute approximate surface area is 160 Å². The van der Waals surface area contributed by atoms with Gasteiger partial charge in [-0.15, -0.1) is 0 Å². The fraction of sp³-hybridized carbons (Fsp3) is 0.211.